The van der Waals surface area contributed by atoms with Gasteiger partial charge in [-0.3, -0.25) is 0 Å². The van der Waals surface area contributed by atoms with Crippen LogP contribution in [0, 0.1) is 5.82 Å². The van der Waals surface area contributed by atoms with Crippen LogP contribution in [0.15, 0.2) is 42.5 Å². The molecule has 0 fully saturated rings. The van der Waals surface area contributed by atoms with E-state index in [1.165, 1.54) is 38.5 Å². The molecule has 0 aliphatic carbocycles. The lowest BCUT2D eigenvalue weighted by molar-refractivity contribution is 0.208. The van der Waals surface area contributed by atoms with E-state index in [1.54, 1.807) is 18.2 Å². The molecule has 1 unspecified atom stereocenters. The molecule has 0 spiro atoms. The molecule has 3 nitrogen and oxygen atoms in total. The molecule has 19 heavy (non-hydrogen) atoms. The lowest BCUT2D eigenvalue weighted by Crippen LogP contribution is -2.05. The van der Waals surface area contributed by atoms with Crippen LogP contribution in [0.1, 0.15) is 17.2 Å². The van der Waals surface area contributed by atoms with Gasteiger partial charge in [0.15, 0.2) is 0 Å². The zero-order chi connectivity index (χ0) is 13.8. The summed E-state index contributed by atoms with van der Waals surface area (Å²) in [6, 6.07) is 10.9. The maximum Gasteiger partial charge on any atom is 0.128 e. The zero-order valence-corrected chi connectivity index (χ0v) is 10.8. The smallest absolute Gasteiger partial charge is 0.128 e. The molecule has 0 radical (unpaired) electrons. The standard InChI is InChI=1S/C15H15FO3/c1-18-12-4-3-5-13(19-2)14(12)15(17)10-6-8-11(16)9-7-10/h3-9,15,17H,1-2H3. The number of halogens is 1. The molecule has 2 aromatic rings. The molecule has 0 aliphatic rings. The third-order valence-electron chi connectivity index (χ3n) is 2.93. The third kappa shape index (κ3) is 2.69. The van der Waals surface area contributed by atoms with Gasteiger partial charge in [0, 0.05) is 0 Å². The molecule has 0 saturated heterocycles. The monoisotopic (exact) mass is 262 g/mol. The third-order valence-corrected chi connectivity index (χ3v) is 2.93. The molecule has 0 aromatic heterocycles. The summed E-state index contributed by atoms with van der Waals surface area (Å²) in [7, 11) is 3.05. The van der Waals surface area contributed by atoms with Gasteiger partial charge in [0.1, 0.15) is 23.4 Å². The number of methoxy groups -OCH3 is 2. The lowest BCUT2D eigenvalue weighted by Gasteiger charge is -2.18. The van der Waals surface area contributed by atoms with Gasteiger partial charge in [0.2, 0.25) is 0 Å². The Kier molecular flexibility index (Phi) is 4.02. The van der Waals surface area contributed by atoms with Crippen molar-refractivity contribution in [3.8, 4) is 11.5 Å². The van der Waals surface area contributed by atoms with Gasteiger partial charge in [-0.25, -0.2) is 4.39 Å². The first-order valence-corrected chi connectivity index (χ1v) is 5.81. The van der Waals surface area contributed by atoms with Crippen molar-refractivity contribution in [2.45, 2.75) is 6.10 Å². The predicted molar refractivity (Wildman–Crippen MR) is 70.0 cm³/mol. The van der Waals surface area contributed by atoms with E-state index in [2.05, 4.69) is 0 Å². The summed E-state index contributed by atoms with van der Waals surface area (Å²) in [4.78, 5) is 0. The molecule has 0 amide bonds. The number of benzene rings is 2. The fraction of sp³-hybridized carbons (Fsp3) is 0.200. The Morgan fingerprint density at radius 2 is 1.47 bits per heavy atom. The van der Waals surface area contributed by atoms with E-state index in [4.69, 9.17) is 9.47 Å². The Morgan fingerprint density at radius 3 is 1.95 bits per heavy atom. The molecular formula is C15H15FO3. The fourth-order valence-electron chi connectivity index (χ4n) is 1.96. The van der Waals surface area contributed by atoms with Gasteiger partial charge in [0.25, 0.3) is 0 Å². The topological polar surface area (TPSA) is 38.7 Å². The largest absolute Gasteiger partial charge is 0.496 e. The highest BCUT2D eigenvalue weighted by Gasteiger charge is 2.20. The van der Waals surface area contributed by atoms with Crippen LogP contribution in [0.4, 0.5) is 4.39 Å². The summed E-state index contributed by atoms with van der Waals surface area (Å²) in [5.41, 5.74) is 1.10. The Morgan fingerprint density at radius 1 is 0.947 bits per heavy atom. The highest BCUT2D eigenvalue weighted by Crippen LogP contribution is 2.37. The summed E-state index contributed by atoms with van der Waals surface area (Å²) in [6.07, 6.45) is -0.938. The van der Waals surface area contributed by atoms with Crippen molar-refractivity contribution in [3.05, 3.63) is 59.4 Å². The minimum absolute atomic E-state index is 0.344. The van der Waals surface area contributed by atoms with E-state index < -0.39 is 6.10 Å². The van der Waals surface area contributed by atoms with Gasteiger partial charge < -0.3 is 14.6 Å². The van der Waals surface area contributed by atoms with Crippen molar-refractivity contribution in [3.63, 3.8) is 0 Å². The van der Waals surface area contributed by atoms with Crippen molar-refractivity contribution in [2.75, 3.05) is 14.2 Å². The van der Waals surface area contributed by atoms with E-state index in [0.717, 1.165) is 0 Å². The first kappa shape index (κ1) is 13.4. The second kappa shape index (κ2) is 5.71. The van der Waals surface area contributed by atoms with Crippen molar-refractivity contribution in [2.24, 2.45) is 0 Å². The lowest BCUT2D eigenvalue weighted by atomic mass is 9.99. The van der Waals surface area contributed by atoms with Gasteiger partial charge in [-0.1, -0.05) is 18.2 Å². The quantitative estimate of drug-likeness (QED) is 0.920. The SMILES string of the molecule is COc1cccc(OC)c1C(O)c1ccc(F)cc1. The van der Waals surface area contributed by atoms with Crippen LogP contribution < -0.4 is 9.47 Å². The normalized spacial score (nSPS) is 12.0. The molecule has 4 heteroatoms. The summed E-state index contributed by atoms with van der Waals surface area (Å²) < 4.78 is 23.4. The number of ether oxygens (including phenoxy) is 2. The Bertz CT molecular complexity index is 530. The van der Waals surface area contributed by atoms with Gasteiger partial charge in [-0.2, -0.15) is 0 Å². The summed E-state index contributed by atoms with van der Waals surface area (Å²) in [5.74, 6) is 0.704. The Hall–Kier alpha value is -2.07. The molecular weight excluding hydrogens is 247 g/mol. The van der Waals surface area contributed by atoms with E-state index >= 15 is 0 Å². The maximum atomic E-state index is 12.9. The molecule has 2 aromatic carbocycles. The molecule has 1 N–H and O–H groups in total. The molecule has 1 atom stereocenters. The number of hydrogen-bond acceptors (Lipinski definition) is 3. The molecule has 0 bridgehead atoms. The summed E-state index contributed by atoms with van der Waals surface area (Å²) in [5, 5.41) is 10.4. The molecule has 100 valence electrons. The average molecular weight is 262 g/mol. The van der Waals surface area contributed by atoms with E-state index in [0.29, 0.717) is 22.6 Å². The highest BCUT2D eigenvalue weighted by atomic mass is 19.1. The van der Waals surface area contributed by atoms with Crippen molar-refractivity contribution >= 4 is 0 Å². The van der Waals surface area contributed by atoms with Crippen LogP contribution >= 0.6 is 0 Å². The Labute approximate surface area is 111 Å². The van der Waals surface area contributed by atoms with E-state index in [9.17, 15) is 9.50 Å². The zero-order valence-electron chi connectivity index (χ0n) is 10.8. The molecule has 0 saturated carbocycles. The van der Waals surface area contributed by atoms with Gasteiger partial charge in [0.05, 0.1) is 19.8 Å². The van der Waals surface area contributed by atoms with Crippen molar-refractivity contribution in [1.82, 2.24) is 0 Å². The minimum Gasteiger partial charge on any atom is -0.496 e. The van der Waals surface area contributed by atoms with Crippen molar-refractivity contribution in [1.29, 1.82) is 0 Å². The second-order valence-electron chi connectivity index (χ2n) is 4.03. The van der Waals surface area contributed by atoms with Crippen LogP contribution in [0.2, 0.25) is 0 Å². The van der Waals surface area contributed by atoms with E-state index in [1.807, 2.05) is 0 Å². The van der Waals surface area contributed by atoms with Crippen LogP contribution in [0.5, 0.6) is 11.5 Å². The predicted octanol–water partition coefficient (Wildman–Crippen LogP) is 2.92. The number of aliphatic hydroxyl groups excluding tert-OH is 1. The first-order chi connectivity index (χ1) is 9.17. The number of hydrogen-bond donors (Lipinski definition) is 1. The minimum atomic E-state index is -0.938. The molecule has 2 rings (SSSR count). The second-order valence-corrected chi connectivity index (χ2v) is 4.03. The average Bonchev–Trinajstić information content (AvgIpc) is 2.46. The highest BCUT2D eigenvalue weighted by molar-refractivity contribution is 5.49. The first-order valence-electron chi connectivity index (χ1n) is 5.81. The van der Waals surface area contributed by atoms with Gasteiger partial charge in [-0.15, -0.1) is 0 Å². The molecule has 0 heterocycles. The Balaban J connectivity index is 2.47. The number of aliphatic hydroxyl groups is 1. The van der Waals surface area contributed by atoms with Gasteiger partial charge in [-0.05, 0) is 29.8 Å². The van der Waals surface area contributed by atoms with Crippen LogP contribution in [0.25, 0.3) is 0 Å². The summed E-state index contributed by atoms with van der Waals surface area (Å²) in [6.45, 7) is 0. The van der Waals surface area contributed by atoms with Crippen LogP contribution in [0.3, 0.4) is 0 Å². The summed E-state index contributed by atoms with van der Waals surface area (Å²) >= 11 is 0. The van der Waals surface area contributed by atoms with Gasteiger partial charge >= 0.3 is 0 Å². The molecule has 0 aliphatic heterocycles. The van der Waals surface area contributed by atoms with E-state index in [-0.39, 0.29) is 5.82 Å². The number of rotatable bonds is 4. The fourth-order valence-corrected chi connectivity index (χ4v) is 1.96. The van der Waals surface area contributed by atoms with Crippen LogP contribution in [-0.4, -0.2) is 19.3 Å². The van der Waals surface area contributed by atoms with Crippen LogP contribution in [-0.2, 0) is 0 Å². The maximum absolute atomic E-state index is 12.9. The van der Waals surface area contributed by atoms with Crippen molar-refractivity contribution < 1.29 is 19.0 Å².